The monoisotopic (exact) mass is 405 g/mol. The number of nitriles is 1. The minimum atomic E-state index is -0.262. The van der Waals surface area contributed by atoms with Gasteiger partial charge < -0.3 is 10.1 Å². The van der Waals surface area contributed by atoms with Gasteiger partial charge in [0.05, 0.1) is 22.2 Å². The predicted molar refractivity (Wildman–Crippen MR) is 117 cm³/mol. The molecular formula is C23H27N5O2. The number of nitrogens with zero attached hydrogens (tertiary/aromatic N) is 4. The molecule has 0 fully saturated rings. The smallest absolute Gasteiger partial charge is 0.256 e. The summed E-state index contributed by atoms with van der Waals surface area (Å²) in [4.78, 5) is 18.1. The SMILES string of the molecule is Cc1nn(C(C)(C)C)c2nc(C(C)C)cc(C(=O)Nc3ccc(OCC#N)cc3)c12. The van der Waals surface area contributed by atoms with Crippen molar-refractivity contribution in [2.45, 2.75) is 53.0 Å². The number of nitrogens with one attached hydrogen (secondary N) is 1. The van der Waals surface area contributed by atoms with E-state index in [0.29, 0.717) is 17.0 Å². The number of aryl methyl sites for hydroxylation is 1. The molecule has 3 rings (SSSR count). The molecule has 0 bridgehead atoms. The molecule has 1 aromatic carbocycles. The lowest BCUT2D eigenvalue weighted by molar-refractivity contribution is 0.102. The molecule has 0 aliphatic carbocycles. The van der Waals surface area contributed by atoms with Crippen molar-refractivity contribution >= 4 is 22.6 Å². The molecule has 0 unspecified atom stereocenters. The number of fused-ring (bicyclic) bond motifs is 1. The van der Waals surface area contributed by atoms with E-state index in [0.717, 1.165) is 22.4 Å². The fraction of sp³-hybridized carbons (Fsp3) is 0.391. The third-order valence-corrected chi connectivity index (χ3v) is 4.72. The quantitative estimate of drug-likeness (QED) is 0.660. The molecule has 30 heavy (non-hydrogen) atoms. The van der Waals surface area contributed by atoms with E-state index in [1.807, 2.05) is 23.7 Å². The summed E-state index contributed by atoms with van der Waals surface area (Å²) in [7, 11) is 0. The molecule has 2 aromatic heterocycles. The number of benzene rings is 1. The van der Waals surface area contributed by atoms with Crippen molar-refractivity contribution in [1.29, 1.82) is 5.26 Å². The van der Waals surface area contributed by atoms with Crippen molar-refractivity contribution in [2.24, 2.45) is 0 Å². The van der Waals surface area contributed by atoms with Crippen LogP contribution in [0.1, 0.15) is 62.3 Å². The Balaban J connectivity index is 2.03. The Morgan fingerprint density at radius 3 is 2.50 bits per heavy atom. The summed E-state index contributed by atoms with van der Waals surface area (Å²) in [6, 6.07) is 10.7. The summed E-state index contributed by atoms with van der Waals surface area (Å²) >= 11 is 0. The van der Waals surface area contributed by atoms with Crippen molar-refractivity contribution in [3.63, 3.8) is 0 Å². The highest BCUT2D eigenvalue weighted by molar-refractivity contribution is 6.12. The van der Waals surface area contributed by atoms with Crippen LogP contribution in [0, 0.1) is 18.3 Å². The molecule has 0 aliphatic heterocycles. The number of pyridine rings is 1. The van der Waals surface area contributed by atoms with E-state index in [4.69, 9.17) is 15.0 Å². The van der Waals surface area contributed by atoms with E-state index in [-0.39, 0.29) is 24.0 Å². The molecule has 1 N–H and O–H groups in total. The number of aromatic nitrogens is 3. The Hall–Kier alpha value is -3.40. The molecule has 0 saturated carbocycles. The van der Waals surface area contributed by atoms with Gasteiger partial charge in [0, 0.05) is 11.4 Å². The van der Waals surface area contributed by atoms with Gasteiger partial charge in [-0.15, -0.1) is 0 Å². The fourth-order valence-corrected chi connectivity index (χ4v) is 3.20. The standard InChI is InChI=1S/C23H27N5O2/c1-14(2)19-13-18(20-15(3)27-28(21(20)26-19)23(4,5)6)22(29)25-16-7-9-17(10-8-16)30-12-11-24/h7-10,13-14H,12H2,1-6H3,(H,25,29). The van der Waals surface area contributed by atoms with Gasteiger partial charge in [0.15, 0.2) is 12.3 Å². The lowest BCUT2D eigenvalue weighted by atomic mass is 10.0. The van der Waals surface area contributed by atoms with Crippen LogP contribution in [-0.4, -0.2) is 27.3 Å². The molecule has 0 spiro atoms. The number of rotatable bonds is 5. The number of carbonyl (C=O) groups excluding carboxylic acids is 1. The van der Waals surface area contributed by atoms with Crippen LogP contribution in [0.3, 0.4) is 0 Å². The molecule has 3 aromatic rings. The Kier molecular flexibility index (Phi) is 5.79. The molecule has 1 amide bonds. The highest BCUT2D eigenvalue weighted by atomic mass is 16.5. The van der Waals surface area contributed by atoms with Crippen molar-refractivity contribution in [3.05, 3.63) is 47.3 Å². The zero-order chi connectivity index (χ0) is 22.1. The van der Waals surface area contributed by atoms with Crippen LogP contribution in [-0.2, 0) is 5.54 Å². The first-order chi connectivity index (χ1) is 14.1. The van der Waals surface area contributed by atoms with E-state index < -0.39 is 0 Å². The summed E-state index contributed by atoms with van der Waals surface area (Å²) in [5, 5.41) is 17.0. The minimum Gasteiger partial charge on any atom is -0.479 e. The topological polar surface area (TPSA) is 92.8 Å². The van der Waals surface area contributed by atoms with Gasteiger partial charge in [-0.3, -0.25) is 4.79 Å². The molecule has 2 heterocycles. The summed E-state index contributed by atoms with van der Waals surface area (Å²) in [5.74, 6) is 0.526. The average molecular weight is 406 g/mol. The van der Waals surface area contributed by atoms with Crippen molar-refractivity contribution in [3.8, 4) is 11.8 Å². The largest absolute Gasteiger partial charge is 0.479 e. The average Bonchev–Trinajstić information content (AvgIpc) is 3.04. The second-order valence-corrected chi connectivity index (χ2v) is 8.54. The molecule has 7 heteroatoms. The highest BCUT2D eigenvalue weighted by Crippen LogP contribution is 2.29. The minimum absolute atomic E-state index is 0.0181. The third-order valence-electron chi connectivity index (χ3n) is 4.72. The van der Waals surface area contributed by atoms with Crippen LogP contribution >= 0.6 is 0 Å². The van der Waals surface area contributed by atoms with Crippen molar-refractivity contribution in [2.75, 3.05) is 11.9 Å². The molecule has 7 nitrogen and oxygen atoms in total. The number of carbonyl (C=O) groups is 1. The fourth-order valence-electron chi connectivity index (χ4n) is 3.20. The Labute approximate surface area is 176 Å². The van der Waals surface area contributed by atoms with Gasteiger partial charge in [-0.1, -0.05) is 13.8 Å². The summed E-state index contributed by atoms with van der Waals surface area (Å²) in [6.07, 6.45) is 0. The normalized spacial score (nSPS) is 11.5. The summed E-state index contributed by atoms with van der Waals surface area (Å²) < 4.78 is 7.15. The number of hydrogen-bond donors (Lipinski definition) is 1. The first-order valence-electron chi connectivity index (χ1n) is 9.93. The number of anilines is 1. The van der Waals surface area contributed by atoms with E-state index in [1.54, 1.807) is 24.3 Å². The van der Waals surface area contributed by atoms with Crippen LogP contribution in [0.5, 0.6) is 5.75 Å². The number of hydrogen-bond acceptors (Lipinski definition) is 5. The van der Waals surface area contributed by atoms with Gasteiger partial charge >= 0.3 is 0 Å². The zero-order valence-corrected chi connectivity index (χ0v) is 18.3. The predicted octanol–water partition coefficient (Wildman–Crippen LogP) is 4.77. The molecule has 156 valence electrons. The maximum absolute atomic E-state index is 13.2. The molecule has 0 saturated heterocycles. The van der Waals surface area contributed by atoms with Crippen LogP contribution in [0.2, 0.25) is 0 Å². The first-order valence-corrected chi connectivity index (χ1v) is 9.93. The van der Waals surface area contributed by atoms with Crippen molar-refractivity contribution < 1.29 is 9.53 Å². The van der Waals surface area contributed by atoms with E-state index in [2.05, 4.69) is 45.0 Å². The molecule has 0 radical (unpaired) electrons. The second kappa shape index (κ2) is 8.15. The first kappa shape index (κ1) is 21.3. The van der Waals surface area contributed by atoms with Gasteiger partial charge in [-0.2, -0.15) is 10.4 Å². The highest BCUT2D eigenvalue weighted by Gasteiger charge is 2.25. The summed E-state index contributed by atoms with van der Waals surface area (Å²) in [6.45, 7) is 12.2. The van der Waals surface area contributed by atoms with Gasteiger partial charge in [0.2, 0.25) is 0 Å². The van der Waals surface area contributed by atoms with Gasteiger partial charge in [-0.25, -0.2) is 9.67 Å². The Morgan fingerprint density at radius 2 is 1.93 bits per heavy atom. The van der Waals surface area contributed by atoms with Crippen LogP contribution in [0.25, 0.3) is 11.0 Å². The molecular weight excluding hydrogens is 378 g/mol. The van der Waals surface area contributed by atoms with Gasteiger partial charge in [-0.05, 0) is 63.9 Å². The lowest BCUT2D eigenvalue weighted by Crippen LogP contribution is -2.24. The van der Waals surface area contributed by atoms with E-state index in [9.17, 15) is 4.79 Å². The second-order valence-electron chi connectivity index (χ2n) is 8.54. The van der Waals surface area contributed by atoms with Gasteiger partial charge in [0.25, 0.3) is 5.91 Å². The van der Waals surface area contributed by atoms with E-state index >= 15 is 0 Å². The maximum Gasteiger partial charge on any atom is 0.256 e. The number of ether oxygens (including phenoxy) is 1. The van der Waals surface area contributed by atoms with Crippen LogP contribution < -0.4 is 10.1 Å². The van der Waals surface area contributed by atoms with E-state index in [1.165, 1.54) is 0 Å². The Bertz CT molecular complexity index is 1120. The molecule has 0 aliphatic rings. The third kappa shape index (κ3) is 4.28. The Morgan fingerprint density at radius 1 is 1.27 bits per heavy atom. The van der Waals surface area contributed by atoms with Crippen molar-refractivity contribution in [1.82, 2.24) is 14.8 Å². The zero-order valence-electron chi connectivity index (χ0n) is 18.3. The number of amides is 1. The maximum atomic E-state index is 13.2. The summed E-state index contributed by atoms with van der Waals surface area (Å²) in [5.41, 5.74) is 3.27. The van der Waals surface area contributed by atoms with Crippen LogP contribution in [0.15, 0.2) is 30.3 Å². The molecule has 0 atom stereocenters. The van der Waals surface area contributed by atoms with Gasteiger partial charge in [0.1, 0.15) is 11.8 Å². The lowest BCUT2D eigenvalue weighted by Gasteiger charge is -2.20. The van der Waals surface area contributed by atoms with Crippen LogP contribution in [0.4, 0.5) is 5.69 Å².